The lowest BCUT2D eigenvalue weighted by Gasteiger charge is -2.00. The van der Waals surface area contributed by atoms with Gasteiger partial charge in [-0.2, -0.15) is 4.39 Å². The Bertz CT molecular complexity index is 408. The van der Waals surface area contributed by atoms with E-state index in [1.165, 1.54) is 0 Å². The van der Waals surface area contributed by atoms with E-state index < -0.39 is 22.5 Å². The number of nitrogens with two attached hydrogens (primary N) is 1. The summed E-state index contributed by atoms with van der Waals surface area (Å²) in [6, 6.07) is 1.71. The molecule has 0 bridgehead atoms. The third-order valence-electron chi connectivity index (χ3n) is 2.09. The van der Waals surface area contributed by atoms with E-state index in [4.69, 9.17) is 10.5 Å². The molecule has 0 amide bonds. The number of hydrogen-bond acceptors (Lipinski definition) is 4. The summed E-state index contributed by atoms with van der Waals surface area (Å²) in [6.45, 7) is 0.232. The summed E-state index contributed by atoms with van der Waals surface area (Å²) in [5, 5.41) is 10.4. The molecule has 1 heterocycles. The summed E-state index contributed by atoms with van der Waals surface area (Å²) in [6.07, 6.45) is 0. The normalized spacial score (nSPS) is 18.9. The van der Waals surface area contributed by atoms with Crippen LogP contribution in [0.25, 0.3) is 0 Å². The maximum absolute atomic E-state index is 13.1. The van der Waals surface area contributed by atoms with E-state index in [-0.39, 0.29) is 6.61 Å². The first-order chi connectivity index (χ1) is 6.59. The second kappa shape index (κ2) is 2.91. The SMILES string of the molecule is NC1COc2cc(F)c([N+](=O)[O-])cc21. The summed E-state index contributed by atoms with van der Waals surface area (Å²) in [5.74, 6) is -0.608. The third-order valence-corrected chi connectivity index (χ3v) is 2.09. The molecule has 1 aromatic rings. The van der Waals surface area contributed by atoms with Gasteiger partial charge in [-0.3, -0.25) is 10.1 Å². The van der Waals surface area contributed by atoms with Crippen molar-refractivity contribution in [2.45, 2.75) is 6.04 Å². The molecule has 1 atom stereocenters. The van der Waals surface area contributed by atoms with Gasteiger partial charge in [0.2, 0.25) is 5.82 Å². The van der Waals surface area contributed by atoms with Gasteiger partial charge in [0.15, 0.2) is 0 Å². The van der Waals surface area contributed by atoms with E-state index in [2.05, 4.69) is 0 Å². The highest BCUT2D eigenvalue weighted by Gasteiger charge is 2.26. The molecule has 0 fully saturated rings. The Balaban J connectivity index is 2.57. The van der Waals surface area contributed by atoms with Gasteiger partial charge >= 0.3 is 5.69 Å². The summed E-state index contributed by atoms with van der Waals surface area (Å²) in [4.78, 5) is 9.64. The molecule has 6 heteroatoms. The van der Waals surface area contributed by atoms with E-state index in [0.29, 0.717) is 11.3 Å². The average molecular weight is 198 g/mol. The van der Waals surface area contributed by atoms with E-state index >= 15 is 0 Å². The molecular formula is C8H7FN2O3. The van der Waals surface area contributed by atoms with Crippen LogP contribution in [0.2, 0.25) is 0 Å². The van der Waals surface area contributed by atoms with Crippen LogP contribution in [0.15, 0.2) is 12.1 Å². The second-order valence-electron chi connectivity index (χ2n) is 3.02. The van der Waals surface area contributed by atoms with Crippen molar-refractivity contribution in [1.29, 1.82) is 0 Å². The Morgan fingerprint density at radius 3 is 3.00 bits per heavy atom. The molecule has 0 radical (unpaired) electrons. The fourth-order valence-electron chi connectivity index (χ4n) is 1.38. The van der Waals surface area contributed by atoms with Gasteiger partial charge in [-0.05, 0) is 0 Å². The molecule has 5 nitrogen and oxygen atoms in total. The molecule has 0 spiro atoms. The number of ether oxygens (including phenoxy) is 1. The fraction of sp³-hybridized carbons (Fsp3) is 0.250. The molecule has 2 N–H and O–H groups in total. The molecule has 0 aliphatic carbocycles. The van der Waals surface area contributed by atoms with Crippen LogP contribution >= 0.6 is 0 Å². The van der Waals surface area contributed by atoms with Crippen molar-refractivity contribution in [2.75, 3.05) is 6.61 Å². The third kappa shape index (κ3) is 1.20. The number of rotatable bonds is 1. The quantitative estimate of drug-likeness (QED) is 0.541. The van der Waals surface area contributed by atoms with Crippen LogP contribution < -0.4 is 10.5 Å². The minimum atomic E-state index is -0.900. The zero-order valence-electron chi connectivity index (χ0n) is 7.07. The maximum atomic E-state index is 13.1. The minimum Gasteiger partial charge on any atom is -0.491 e. The van der Waals surface area contributed by atoms with E-state index in [9.17, 15) is 14.5 Å². The van der Waals surface area contributed by atoms with Gasteiger partial charge in [-0.25, -0.2) is 0 Å². The van der Waals surface area contributed by atoms with E-state index in [0.717, 1.165) is 12.1 Å². The molecule has 0 saturated carbocycles. The molecule has 1 aliphatic rings. The zero-order chi connectivity index (χ0) is 10.3. The Hall–Kier alpha value is -1.69. The molecule has 1 aliphatic heterocycles. The molecule has 1 aromatic carbocycles. The molecule has 0 aromatic heterocycles. The lowest BCUT2D eigenvalue weighted by atomic mass is 10.1. The number of benzene rings is 1. The first-order valence-corrected chi connectivity index (χ1v) is 3.96. The molecule has 0 saturated heterocycles. The Kier molecular flexibility index (Phi) is 1.85. The Morgan fingerprint density at radius 1 is 1.64 bits per heavy atom. The molecule has 2 rings (SSSR count). The number of nitro groups is 1. The summed E-state index contributed by atoms with van der Waals surface area (Å²) < 4.78 is 18.1. The molecule has 14 heavy (non-hydrogen) atoms. The number of halogens is 1. The van der Waals surface area contributed by atoms with Crippen LogP contribution in [0.3, 0.4) is 0 Å². The van der Waals surface area contributed by atoms with Crippen LogP contribution in [0.1, 0.15) is 11.6 Å². The van der Waals surface area contributed by atoms with Crippen LogP contribution in [0.4, 0.5) is 10.1 Å². The second-order valence-corrected chi connectivity index (χ2v) is 3.02. The van der Waals surface area contributed by atoms with Crippen molar-refractivity contribution in [2.24, 2.45) is 5.73 Å². The first kappa shape index (κ1) is 8.89. The van der Waals surface area contributed by atoms with Gasteiger partial charge in [0, 0.05) is 17.7 Å². The topological polar surface area (TPSA) is 78.4 Å². The number of nitrogens with zero attached hydrogens (tertiary/aromatic N) is 1. The highest BCUT2D eigenvalue weighted by molar-refractivity contribution is 5.48. The van der Waals surface area contributed by atoms with Gasteiger partial charge in [-0.15, -0.1) is 0 Å². The van der Waals surface area contributed by atoms with E-state index in [1.54, 1.807) is 0 Å². The van der Waals surface area contributed by atoms with Crippen molar-refractivity contribution < 1.29 is 14.1 Å². The summed E-state index contributed by atoms with van der Waals surface area (Å²) >= 11 is 0. The number of hydrogen-bond donors (Lipinski definition) is 1. The predicted molar refractivity (Wildman–Crippen MR) is 45.5 cm³/mol. The smallest absolute Gasteiger partial charge is 0.305 e. The zero-order valence-corrected chi connectivity index (χ0v) is 7.07. The lowest BCUT2D eigenvalue weighted by Crippen LogP contribution is -2.11. The van der Waals surface area contributed by atoms with Crippen molar-refractivity contribution in [3.8, 4) is 5.75 Å². The standard InChI is InChI=1S/C8H7FN2O3/c9-5-2-8-4(6(10)3-14-8)1-7(5)11(12)13/h1-2,6H,3,10H2. The molecule has 1 unspecified atom stereocenters. The largest absolute Gasteiger partial charge is 0.491 e. The van der Waals surface area contributed by atoms with Gasteiger partial charge in [0.25, 0.3) is 0 Å². The fourth-order valence-corrected chi connectivity index (χ4v) is 1.38. The average Bonchev–Trinajstić information content (AvgIpc) is 2.46. The predicted octanol–water partition coefficient (Wildman–Crippen LogP) is 1.13. The van der Waals surface area contributed by atoms with Crippen LogP contribution in [0, 0.1) is 15.9 Å². The Morgan fingerprint density at radius 2 is 2.36 bits per heavy atom. The molecule has 74 valence electrons. The van der Waals surface area contributed by atoms with Crippen LogP contribution in [-0.2, 0) is 0 Å². The maximum Gasteiger partial charge on any atom is 0.305 e. The monoisotopic (exact) mass is 198 g/mol. The van der Waals surface area contributed by atoms with Crippen molar-refractivity contribution in [3.63, 3.8) is 0 Å². The van der Waals surface area contributed by atoms with Gasteiger partial charge in [0.1, 0.15) is 12.4 Å². The van der Waals surface area contributed by atoms with Crippen LogP contribution in [-0.4, -0.2) is 11.5 Å². The number of nitro benzene ring substituents is 1. The summed E-state index contributed by atoms with van der Waals surface area (Å²) in [5.41, 5.74) is 5.51. The highest BCUT2D eigenvalue weighted by Crippen LogP contribution is 2.35. The number of fused-ring (bicyclic) bond motifs is 1. The van der Waals surface area contributed by atoms with Crippen molar-refractivity contribution in [3.05, 3.63) is 33.6 Å². The summed E-state index contributed by atoms with van der Waals surface area (Å²) in [7, 11) is 0. The van der Waals surface area contributed by atoms with Crippen molar-refractivity contribution >= 4 is 5.69 Å². The van der Waals surface area contributed by atoms with Gasteiger partial charge < -0.3 is 10.5 Å². The Labute approximate surface area is 78.4 Å². The van der Waals surface area contributed by atoms with E-state index in [1.807, 2.05) is 0 Å². The van der Waals surface area contributed by atoms with Crippen LogP contribution in [0.5, 0.6) is 5.75 Å². The van der Waals surface area contributed by atoms with Gasteiger partial charge in [-0.1, -0.05) is 0 Å². The van der Waals surface area contributed by atoms with Gasteiger partial charge in [0.05, 0.1) is 11.0 Å². The first-order valence-electron chi connectivity index (χ1n) is 3.96. The minimum absolute atomic E-state index is 0.232. The van der Waals surface area contributed by atoms with Crippen molar-refractivity contribution in [1.82, 2.24) is 0 Å². The molecular weight excluding hydrogens is 191 g/mol. The highest BCUT2D eigenvalue weighted by atomic mass is 19.1. The lowest BCUT2D eigenvalue weighted by molar-refractivity contribution is -0.387.